The minimum Gasteiger partial charge on any atom is -0.478 e. The van der Waals surface area contributed by atoms with Gasteiger partial charge in [0.05, 0.1) is 16.1 Å². The monoisotopic (exact) mass is 332 g/mol. The Hall–Kier alpha value is -3.29. The van der Waals surface area contributed by atoms with Gasteiger partial charge in [-0.1, -0.05) is 12.1 Å². The number of carbonyl (C=O) groups excluding carboxylic acids is 1. The number of carboxylic acid groups (broad SMARTS) is 1. The van der Waals surface area contributed by atoms with Crippen molar-refractivity contribution in [2.45, 2.75) is 6.42 Å². The second kappa shape index (κ2) is 7.32. The third kappa shape index (κ3) is 4.13. The molecule has 0 aliphatic rings. The van der Waals surface area contributed by atoms with E-state index < -0.39 is 16.8 Å². The molecule has 0 aliphatic heterocycles. The molecule has 0 bridgehead atoms. The van der Waals surface area contributed by atoms with Gasteiger partial charge < -0.3 is 10.4 Å². The number of amides is 1. The number of carbonyl (C=O) groups is 2. The van der Waals surface area contributed by atoms with E-state index in [2.05, 4.69) is 5.32 Å². The van der Waals surface area contributed by atoms with Gasteiger partial charge in [0.2, 0.25) is 0 Å². The van der Waals surface area contributed by atoms with Gasteiger partial charge in [-0.15, -0.1) is 0 Å². The fourth-order valence-corrected chi connectivity index (χ4v) is 2.09. The number of hydrogen-bond donors (Lipinski definition) is 2. The van der Waals surface area contributed by atoms with Crippen molar-refractivity contribution in [2.75, 3.05) is 6.54 Å². The molecule has 124 valence electrons. The predicted octanol–water partition coefficient (Wildman–Crippen LogP) is 2.40. The molecule has 2 N–H and O–H groups in total. The Morgan fingerprint density at radius 1 is 1.12 bits per heavy atom. The van der Waals surface area contributed by atoms with Gasteiger partial charge in [-0.3, -0.25) is 14.9 Å². The third-order valence-electron chi connectivity index (χ3n) is 3.30. The normalized spacial score (nSPS) is 10.2. The minimum atomic E-state index is -1.35. The van der Waals surface area contributed by atoms with Gasteiger partial charge in [-0.2, -0.15) is 0 Å². The summed E-state index contributed by atoms with van der Waals surface area (Å²) in [6.45, 7) is 0.173. The van der Waals surface area contributed by atoms with Crippen molar-refractivity contribution in [3.63, 3.8) is 0 Å². The van der Waals surface area contributed by atoms with Crippen molar-refractivity contribution in [3.05, 3.63) is 75.1 Å². The van der Waals surface area contributed by atoms with Gasteiger partial charge in [0.25, 0.3) is 11.6 Å². The number of nitrogens with zero attached hydrogens (tertiary/aromatic N) is 1. The second-order valence-corrected chi connectivity index (χ2v) is 4.92. The van der Waals surface area contributed by atoms with Crippen LogP contribution in [0.25, 0.3) is 0 Å². The lowest BCUT2D eigenvalue weighted by Gasteiger charge is -2.08. The van der Waals surface area contributed by atoms with E-state index in [1.165, 1.54) is 12.1 Å². The quantitative estimate of drug-likeness (QED) is 0.623. The van der Waals surface area contributed by atoms with Crippen LogP contribution in [-0.4, -0.2) is 28.5 Å². The summed E-state index contributed by atoms with van der Waals surface area (Å²) in [5.74, 6) is -2.45. The summed E-state index contributed by atoms with van der Waals surface area (Å²) in [4.78, 5) is 33.4. The van der Waals surface area contributed by atoms with Gasteiger partial charge in [0, 0.05) is 18.7 Å². The van der Waals surface area contributed by atoms with Crippen LogP contribution in [0, 0.1) is 15.9 Å². The van der Waals surface area contributed by atoms with Crippen LogP contribution in [0.3, 0.4) is 0 Å². The van der Waals surface area contributed by atoms with E-state index in [-0.39, 0.29) is 29.2 Å². The Labute approximate surface area is 135 Å². The zero-order chi connectivity index (χ0) is 17.7. The molecule has 0 saturated carbocycles. The first-order chi connectivity index (χ1) is 11.4. The van der Waals surface area contributed by atoms with E-state index in [1.807, 2.05) is 0 Å². The van der Waals surface area contributed by atoms with E-state index in [9.17, 15) is 24.1 Å². The Bertz CT molecular complexity index is 790. The first kappa shape index (κ1) is 17.1. The summed E-state index contributed by atoms with van der Waals surface area (Å²) in [7, 11) is 0. The Morgan fingerprint density at radius 3 is 2.38 bits per heavy atom. The highest BCUT2D eigenvalue weighted by Gasteiger charge is 2.20. The maximum atomic E-state index is 12.8. The molecule has 0 heterocycles. The Balaban J connectivity index is 2.10. The molecule has 7 nitrogen and oxygen atoms in total. The van der Waals surface area contributed by atoms with Gasteiger partial charge >= 0.3 is 5.97 Å². The van der Waals surface area contributed by atoms with Crippen molar-refractivity contribution < 1.29 is 24.0 Å². The zero-order valence-electron chi connectivity index (χ0n) is 12.4. The van der Waals surface area contributed by atoms with E-state index in [0.29, 0.717) is 6.42 Å². The van der Waals surface area contributed by atoms with E-state index in [1.54, 1.807) is 12.1 Å². The Morgan fingerprint density at radius 2 is 1.79 bits per heavy atom. The molecular formula is C16H13FN2O5. The number of nitro benzene ring substituents is 1. The number of halogens is 1. The molecule has 1 amide bonds. The smallest absolute Gasteiger partial charge is 0.336 e. The number of benzene rings is 2. The Kier molecular flexibility index (Phi) is 5.20. The number of non-ortho nitro benzene ring substituents is 1. The van der Waals surface area contributed by atoms with Crippen LogP contribution in [0.5, 0.6) is 0 Å². The van der Waals surface area contributed by atoms with Crippen molar-refractivity contribution in [1.29, 1.82) is 0 Å². The predicted molar refractivity (Wildman–Crippen MR) is 82.5 cm³/mol. The molecule has 0 aliphatic carbocycles. The molecule has 2 rings (SSSR count). The largest absolute Gasteiger partial charge is 0.478 e. The molecule has 8 heteroatoms. The average molecular weight is 332 g/mol. The standard InChI is InChI=1S/C16H13FN2O5/c17-11-3-1-10(2-4-11)7-8-18-15(20)14-9-12(19(23)24)5-6-13(14)16(21)22/h1-6,9H,7-8H2,(H,18,20)(H,21,22). The summed E-state index contributed by atoms with van der Waals surface area (Å²) in [5.41, 5.74) is -0.187. The zero-order valence-corrected chi connectivity index (χ0v) is 12.4. The van der Waals surface area contributed by atoms with E-state index in [0.717, 1.165) is 23.8 Å². The van der Waals surface area contributed by atoms with Crippen LogP contribution >= 0.6 is 0 Å². The van der Waals surface area contributed by atoms with Gasteiger partial charge in [0.15, 0.2) is 0 Å². The summed E-state index contributed by atoms with van der Waals surface area (Å²) in [6, 6.07) is 8.69. The lowest BCUT2D eigenvalue weighted by molar-refractivity contribution is -0.384. The highest BCUT2D eigenvalue weighted by Crippen LogP contribution is 2.18. The molecule has 0 fully saturated rings. The van der Waals surface area contributed by atoms with Crippen LogP contribution in [-0.2, 0) is 6.42 Å². The van der Waals surface area contributed by atoms with Crippen molar-refractivity contribution in [2.24, 2.45) is 0 Å². The lowest BCUT2D eigenvalue weighted by atomic mass is 10.1. The first-order valence-electron chi connectivity index (χ1n) is 6.93. The van der Waals surface area contributed by atoms with Gasteiger partial charge in [0.1, 0.15) is 5.82 Å². The number of aromatic carboxylic acids is 1. The van der Waals surface area contributed by atoms with E-state index in [4.69, 9.17) is 5.11 Å². The molecule has 0 saturated heterocycles. The molecule has 0 spiro atoms. The van der Waals surface area contributed by atoms with Crippen molar-refractivity contribution >= 4 is 17.6 Å². The summed E-state index contributed by atoms with van der Waals surface area (Å²) in [6.07, 6.45) is 0.406. The topological polar surface area (TPSA) is 110 Å². The second-order valence-electron chi connectivity index (χ2n) is 4.92. The number of carboxylic acids is 1. The molecule has 2 aromatic carbocycles. The van der Waals surface area contributed by atoms with Gasteiger partial charge in [-0.05, 0) is 30.2 Å². The number of nitrogens with one attached hydrogen (secondary N) is 1. The SMILES string of the molecule is O=C(O)c1ccc([N+](=O)[O-])cc1C(=O)NCCc1ccc(F)cc1. The van der Waals surface area contributed by atoms with Crippen LogP contribution in [0.2, 0.25) is 0 Å². The van der Waals surface area contributed by atoms with Gasteiger partial charge in [-0.25, -0.2) is 9.18 Å². The third-order valence-corrected chi connectivity index (χ3v) is 3.30. The highest BCUT2D eigenvalue weighted by molar-refractivity contribution is 6.05. The highest BCUT2D eigenvalue weighted by atomic mass is 19.1. The number of hydrogen-bond acceptors (Lipinski definition) is 4. The average Bonchev–Trinajstić information content (AvgIpc) is 2.55. The molecule has 0 aromatic heterocycles. The van der Waals surface area contributed by atoms with E-state index >= 15 is 0 Å². The van der Waals surface area contributed by atoms with Crippen LogP contribution in [0.1, 0.15) is 26.3 Å². The summed E-state index contributed by atoms with van der Waals surface area (Å²) < 4.78 is 12.8. The molecule has 2 aromatic rings. The molecule has 0 unspecified atom stereocenters. The molecule has 0 atom stereocenters. The van der Waals surface area contributed by atoms with Crippen LogP contribution < -0.4 is 5.32 Å². The maximum absolute atomic E-state index is 12.8. The summed E-state index contributed by atoms with van der Waals surface area (Å²) >= 11 is 0. The molecular weight excluding hydrogens is 319 g/mol. The lowest BCUT2D eigenvalue weighted by Crippen LogP contribution is -2.27. The van der Waals surface area contributed by atoms with Crippen LogP contribution in [0.15, 0.2) is 42.5 Å². The first-order valence-corrected chi connectivity index (χ1v) is 6.93. The fraction of sp³-hybridized carbons (Fsp3) is 0.125. The minimum absolute atomic E-state index is 0.173. The number of nitro groups is 1. The summed E-state index contributed by atoms with van der Waals surface area (Å²) in [5, 5.41) is 22.4. The molecule has 24 heavy (non-hydrogen) atoms. The number of rotatable bonds is 6. The maximum Gasteiger partial charge on any atom is 0.336 e. The molecule has 0 radical (unpaired) electrons. The van der Waals surface area contributed by atoms with Crippen molar-refractivity contribution in [3.8, 4) is 0 Å². The fourth-order valence-electron chi connectivity index (χ4n) is 2.09. The van der Waals surface area contributed by atoms with Crippen LogP contribution in [0.4, 0.5) is 10.1 Å². The van der Waals surface area contributed by atoms with Crippen molar-refractivity contribution in [1.82, 2.24) is 5.32 Å².